The molecular formula is C19H19N7O. The van der Waals surface area contributed by atoms with Crippen molar-refractivity contribution in [3.05, 3.63) is 60.7 Å². The summed E-state index contributed by atoms with van der Waals surface area (Å²) in [7, 11) is 3.92. The lowest BCUT2D eigenvalue weighted by Gasteiger charge is -2.11. The highest BCUT2D eigenvalue weighted by atomic mass is 16.4. The van der Waals surface area contributed by atoms with E-state index in [-0.39, 0.29) is 0 Å². The van der Waals surface area contributed by atoms with Gasteiger partial charge in [0, 0.05) is 44.4 Å². The molecule has 1 aromatic carbocycles. The molecule has 0 fully saturated rings. The van der Waals surface area contributed by atoms with Crippen LogP contribution in [0.5, 0.6) is 0 Å². The summed E-state index contributed by atoms with van der Waals surface area (Å²) in [5.41, 5.74) is 3.77. The lowest BCUT2D eigenvalue weighted by molar-refractivity contribution is 0.444. The summed E-state index contributed by atoms with van der Waals surface area (Å²) >= 11 is 0. The fourth-order valence-corrected chi connectivity index (χ4v) is 2.73. The summed E-state index contributed by atoms with van der Waals surface area (Å²) in [6.45, 7) is 2.21. The van der Waals surface area contributed by atoms with Crippen molar-refractivity contribution in [2.45, 2.75) is 13.5 Å². The van der Waals surface area contributed by atoms with E-state index in [1.807, 2.05) is 55.5 Å². The third-order valence-corrected chi connectivity index (χ3v) is 4.07. The molecule has 0 spiro atoms. The first kappa shape index (κ1) is 16.9. The summed E-state index contributed by atoms with van der Waals surface area (Å²) < 4.78 is 7.19. The Labute approximate surface area is 156 Å². The van der Waals surface area contributed by atoms with E-state index in [9.17, 15) is 0 Å². The summed E-state index contributed by atoms with van der Waals surface area (Å²) in [6.07, 6.45) is 3.48. The van der Waals surface area contributed by atoms with Gasteiger partial charge in [-0.15, -0.1) is 10.2 Å². The maximum atomic E-state index is 5.41. The van der Waals surface area contributed by atoms with Gasteiger partial charge < -0.3 is 9.32 Å². The predicted molar refractivity (Wildman–Crippen MR) is 101 cm³/mol. The second-order valence-corrected chi connectivity index (χ2v) is 6.35. The van der Waals surface area contributed by atoms with Crippen molar-refractivity contribution in [1.82, 2.24) is 29.9 Å². The van der Waals surface area contributed by atoms with E-state index >= 15 is 0 Å². The predicted octanol–water partition coefficient (Wildman–Crippen LogP) is 2.81. The molecule has 0 aliphatic carbocycles. The largest absolute Gasteiger partial charge is 0.424 e. The Bertz CT molecular complexity index is 1070. The maximum absolute atomic E-state index is 5.41. The Balaban J connectivity index is 1.60. The van der Waals surface area contributed by atoms with Gasteiger partial charge in [0.15, 0.2) is 0 Å². The Hall–Kier alpha value is -3.55. The van der Waals surface area contributed by atoms with Crippen LogP contribution in [0.3, 0.4) is 0 Å². The Morgan fingerprint density at radius 3 is 2.56 bits per heavy atom. The maximum Gasteiger partial charge on any atom is 0.237 e. The van der Waals surface area contributed by atoms with Crippen molar-refractivity contribution in [2.24, 2.45) is 0 Å². The van der Waals surface area contributed by atoms with Crippen molar-refractivity contribution in [3.63, 3.8) is 0 Å². The molecule has 0 bridgehead atoms. The third kappa shape index (κ3) is 3.69. The molecule has 0 radical (unpaired) electrons. The smallest absolute Gasteiger partial charge is 0.237 e. The van der Waals surface area contributed by atoms with Crippen LogP contribution in [0.1, 0.15) is 11.8 Å². The molecule has 4 aromatic rings. The van der Waals surface area contributed by atoms with Gasteiger partial charge in [0.1, 0.15) is 18.7 Å². The van der Waals surface area contributed by atoms with Crippen LogP contribution in [-0.4, -0.2) is 44.0 Å². The van der Waals surface area contributed by atoms with Gasteiger partial charge in [-0.3, -0.25) is 4.68 Å². The average Bonchev–Trinajstić information content (AvgIpc) is 3.31. The number of rotatable bonds is 5. The third-order valence-electron chi connectivity index (χ3n) is 4.07. The monoisotopic (exact) mass is 361 g/mol. The van der Waals surface area contributed by atoms with Crippen molar-refractivity contribution >= 4 is 5.82 Å². The normalized spacial score (nSPS) is 10.9. The topological polar surface area (TPSA) is 85.8 Å². The standard InChI is InChI=1S/C19H19N7O/c1-13-22-23-19(27-13)11-26-8-7-16(24-26)14-5-4-6-15(9-14)17-10-18(25(2)3)21-12-20-17/h4-10,12H,11H2,1-3H3. The number of hydrogen-bond acceptors (Lipinski definition) is 7. The number of aromatic nitrogens is 6. The van der Waals surface area contributed by atoms with Crippen LogP contribution in [0, 0.1) is 6.92 Å². The Morgan fingerprint density at radius 2 is 1.81 bits per heavy atom. The van der Waals surface area contributed by atoms with E-state index < -0.39 is 0 Å². The second kappa shape index (κ2) is 6.99. The summed E-state index contributed by atoms with van der Waals surface area (Å²) in [4.78, 5) is 10.6. The van der Waals surface area contributed by atoms with Gasteiger partial charge in [-0.05, 0) is 12.1 Å². The van der Waals surface area contributed by atoms with E-state index in [2.05, 4.69) is 31.3 Å². The van der Waals surface area contributed by atoms with E-state index in [0.717, 1.165) is 28.3 Å². The van der Waals surface area contributed by atoms with Gasteiger partial charge in [-0.2, -0.15) is 5.10 Å². The zero-order chi connectivity index (χ0) is 18.8. The highest BCUT2D eigenvalue weighted by molar-refractivity contribution is 5.70. The molecule has 0 amide bonds. The van der Waals surface area contributed by atoms with Gasteiger partial charge in [0.05, 0.1) is 11.4 Å². The van der Waals surface area contributed by atoms with Gasteiger partial charge in [0.2, 0.25) is 11.8 Å². The molecular weight excluding hydrogens is 342 g/mol. The fourth-order valence-electron chi connectivity index (χ4n) is 2.73. The molecule has 8 heteroatoms. The molecule has 0 atom stereocenters. The number of nitrogens with zero attached hydrogens (tertiary/aromatic N) is 7. The van der Waals surface area contributed by atoms with Crippen LogP contribution in [0.2, 0.25) is 0 Å². The summed E-state index contributed by atoms with van der Waals surface area (Å²) in [6, 6.07) is 12.1. The zero-order valence-corrected chi connectivity index (χ0v) is 15.4. The van der Waals surface area contributed by atoms with Gasteiger partial charge in [-0.25, -0.2) is 9.97 Å². The van der Waals surface area contributed by atoms with Crippen molar-refractivity contribution in [2.75, 3.05) is 19.0 Å². The van der Waals surface area contributed by atoms with E-state index in [1.54, 1.807) is 17.9 Å². The van der Waals surface area contributed by atoms with E-state index in [1.165, 1.54) is 0 Å². The highest BCUT2D eigenvalue weighted by Gasteiger charge is 2.09. The van der Waals surface area contributed by atoms with Gasteiger partial charge >= 0.3 is 0 Å². The quantitative estimate of drug-likeness (QED) is 0.540. The molecule has 3 aromatic heterocycles. The molecule has 136 valence electrons. The molecule has 0 saturated carbocycles. The Kier molecular flexibility index (Phi) is 4.37. The number of aryl methyl sites for hydroxylation is 1. The zero-order valence-electron chi connectivity index (χ0n) is 15.4. The average molecular weight is 361 g/mol. The molecule has 4 rings (SSSR count). The number of anilines is 1. The summed E-state index contributed by atoms with van der Waals surface area (Å²) in [5, 5.41) is 12.5. The first-order chi connectivity index (χ1) is 13.1. The van der Waals surface area contributed by atoms with Crippen LogP contribution in [0.25, 0.3) is 22.5 Å². The molecule has 0 aliphatic heterocycles. The van der Waals surface area contributed by atoms with Crippen molar-refractivity contribution < 1.29 is 4.42 Å². The summed E-state index contributed by atoms with van der Waals surface area (Å²) in [5.74, 6) is 1.95. The second-order valence-electron chi connectivity index (χ2n) is 6.35. The molecule has 27 heavy (non-hydrogen) atoms. The first-order valence-corrected chi connectivity index (χ1v) is 8.51. The van der Waals surface area contributed by atoms with Crippen LogP contribution in [0.4, 0.5) is 5.82 Å². The van der Waals surface area contributed by atoms with Crippen molar-refractivity contribution in [1.29, 1.82) is 0 Å². The van der Waals surface area contributed by atoms with Crippen LogP contribution in [-0.2, 0) is 6.54 Å². The van der Waals surface area contributed by atoms with Crippen LogP contribution >= 0.6 is 0 Å². The molecule has 8 nitrogen and oxygen atoms in total. The number of benzene rings is 1. The van der Waals surface area contributed by atoms with Gasteiger partial charge in [-0.1, -0.05) is 18.2 Å². The first-order valence-electron chi connectivity index (χ1n) is 8.51. The Morgan fingerprint density at radius 1 is 1.00 bits per heavy atom. The molecule has 3 heterocycles. The number of hydrogen-bond donors (Lipinski definition) is 0. The van der Waals surface area contributed by atoms with Crippen molar-refractivity contribution in [3.8, 4) is 22.5 Å². The lowest BCUT2D eigenvalue weighted by atomic mass is 10.1. The SMILES string of the molecule is Cc1nnc(Cn2ccc(-c3cccc(-c4cc(N(C)C)ncn4)c3)n2)o1. The van der Waals surface area contributed by atoms with E-state index in [0.29, 0.717) is 18.3 Å². The highest BCUT2D eigenvalue weighted by Crippen LogP contribution is 2.25. The molecule has 0 saturated heterocycles. The molecule has 0 aliphatic rings. The fraction of sp³-hybridized carbons (Fsp3) is 0.211. The lowest BCUT2D eigenvalue weighted by Crippen LogP contribution is -2.10. The molecule has 0 unspecified atom stereocenters. The van der Waals surface area contributed by atoms with E-state index in [4.69, 9.17) is 4.42 Å². The minimum absolute atomic E-state index is 0.443. The minimum Gasteiger partial charge on any atom is -0.424 e. The van der Waals surface area contributed by atoms with Crippen LogP contribution < -0.4 is 4.90 Å². The molecule has 0 N–H and O–H groups in total. The van der Waals surface area contributed by atoms with Crippen LogP contribution in [0.15, 0.2) is 53.3 Å². The van der Waals surface area contributed by atoms with Gasteiger partial charge in [0.25, 0.3) is 0 Å². The minimum atomic E-state index is 0.443.